The van der Waals surface area contributed by atoms with Gasteiger partial charge in [-0.1, -0.05) is 0 Å². The number of nitrogens with one attached hydrogen (secondary N) is 2. The topological polar surface area (TPSA) is 102 Å². The minimum absolute atomic E-state index is 0.0790. The van der Waals surface area contributed by atoms with Gasteiger partial charge in [-0.05, 0) is 31.7 Å². The van der Waals surface area contributed by atoms with Gasteiger partial charge in [-0.15, -0.1) is 0 Å². The van der Waals surface area contributed by atoms with Crippen LogP contribution in [0.5, 0.6) is 0 Å². The van der Waals surface area contributed by atoms with Crippen LogP contribution in [0.15, 0.2) is 27.9 Å². The molecule has 1 amide bonds. The fraction of sp³-hybridized carbons (Fsp3) is 0.474. The Labute approximate surface area is 156 Å². The van der Waals surface area contributed by atoms with E-state index in [1.807, 2.05) is 19.0 Å². The Morgan fingerprint density at radius 1 is 1.26 bits per heavy atom. The molecule has 1 aliphatic heterocycles. The molecule has 1 atom stereocenters. The summed E-state index contributed by atoms with van der Waals surface area (Å²) in [6.07, 6.45) is 4.75. The molecule has 0 saturated carbocycles. The number of carbonyl (C=O) groups excluding carboxylic acids is 1. The molecule has 1 saturated heterocycles. The molecular weight excluding hydrogens is 346 g/mol. The number of piperidine rings is 1. The number of anilines is 1. The summed E-state index contributed by atoms with van der Waals surface area (Å²) in [7, 11) is 3.69. The number of hydrogen-bond acceptors (Lipinski definition) is 5. The summed E-state index contributed by atoms with van der Waals surface area (Å²) in [5.74, 6) is 0.445. The van der Waals surface area contributed by atoms with Crippen molar-refractivity contribution in [1.29, 1.82) is 0 Å². The van der Waals surface area contributed by atoms with Crippen LogP contribution in [0.1, 0.15) is 40.9 Å². The molecule has 2 aliphatic rings. The van der Waals surface area contributed by atoms with Gasteiger partial charge in [0.25, 0.3) is 11.5 Å². The Kier molecular flexibility index (Phi) is 4.13. The number of carbonyl (C=O) groups is 1. The van der Waals surface area contributed by atoms with Gasteiger partial charge >= 0.3 is 0 Å². The lowest BCUT2D eigenvalue weighted by Gasteiger charge is -2.40. The Bertz CT molecular complexity index is 989. The first-order valence-corrected chi connectivity index (χ1v) is 9.19. The Hall–Kier alpha value is -2.90. The Morgan fingerprint density at radius 3 is 2.78 bits per heavy atom. The van der Waals surface area contributed by atoms with Gasteiger partial charge in [0.2, 0.25) is 11.5 Å². The van der Waals surface area contributed by atoms with Crippen LogP contribution in [-0.2, 0) is 11.8 Å². The maximum atomic E-state index is 12.9. The number of rotatable bonds is 2. The summed E-state index contributed by atoms with van der Waals surface area (Å²) in [6.45, 7) is 1.21. The zero-order chi connectivity index (χ0) is 19.2. The molecule has 142 valence electrons. The second-order valence-corrected chi connectivity index (χ2v) is 7.66. The molecular formula is C19H23N5O3. The summed E-state index contributed by atoms with van der Waals surface area (Å²) in [5.41, 5.74) is 1.48. The smallest absolute Gasteiger partial charge is 0.255 e. The molecule has 0 bridgehead atoms. The van der Waals surface area contributed by atoms with Crippen molar-refractivity contribution in [2.24, 2.45) is 0 Å². The summed E-state index contributed by atoms with van der Waals surface area (Å²) < 4.78 is 0. The van der Waals surface area contributed by atoms with Gasteiger partial charge < -0.3 is 14.8 Å². The van der Waals surface area contributed by atoms with Crippen LogP contribution in [0.3, 0.4) is 0 Å². The largest absolute Gasteiger partial charge is 0.348 e. The van der Waals surface area contributed by atoms with E-state index < -0.39 is 0 Å². The molecule has 27 heavy (non-hydrogen) atoms. The quantitative estimate of drug-likeness (QED) is 0.809. The average Bonchev–Trinajstić information content (AvgIpc) is 3.00. The van der Waals surface area contributed by atoms with Crippen LogP contribution >= 0.6 is 0 Å². The third kappa shape index (κ3) is 2.94. The van der Waals surface area contributed by atoms with E-state index in [9.17, 15) is 14.4 Å². The number of H-pyrrole nitrogens is 2. The molecule has 8 nitrogen and oxygen atoms in total. The number of aromatic amines is 2. The number of likely N-dealkylation sites (tertiary alicyclic amines) is 1. The van der Waals surface area contributed by atoms with E-state index >= 15 is 0 Å². The fourth-order valence-electron chi connectivity index (χ4n) is 4.28. The number of pyridine rings is 1. The van der Waals surface area contributed by atoms with Crippen LogP contribution in [0.2, 0.25) is 0 Å². The monoisotopic (exact) mass is 369 g/mol. The molecule has 2 aromatic rings. The van der Waals surface area contributed by atoms with Gasteiger partial charge in [0.05, 0.1) is 11.3 Å². The van der Waals surface area contributed by atoms with Gasteiger partial charge in [0, 0.05) is 50.4 Å². The van der Waals surface area contributed by atoms with Crippen molar-refractivity contribution in [3.8, 4) is 0 Å². The van der Waals surface area contributed by atoms with Gasteiger partial charge in [-0.25, -0.2) is 4.98 Å². The molecule has 0 radical (unpaired) electrons. The lowest BCUT2D eigenvalue weighted by molar-refractivity contribution is 0.0633. The zero-order valence-corrected chi connectivity index (χ0v) is 15.5. The first kappa shape index (κ1) is 17.5. The molecule has 1 fully saturated rings. The van der Waals surface area contributed by atoms with Crippen LogP contribution in [0.25, 0.3) is 0 Å². The highest BCUT2D eigenvalue weighted by molar-refractivity contribution is 5.94. The number of aromatic nitrogens is 3. The van der Waals surface area contributed by atoms with Gasteiger partial charge in [-0.2, -0.15) is 0 Å². The van der Waals surface area contributed by atoms with Crippen LogP contribution in [0, 0.1) is 0 Å². The van der Waals surface area contributed by atoms with E-state index in [1.54, 1.807) is 11.0 Å². The van der Waals surface area contributed by atoms with Crippen LogP contribution < -0.4 is 16.0 Å². The second kappa shape index (κ2) is 6.37. The number of amides is 1. The third-order valence-corrected chi connectivity index (χ3v) is 5.68. The van der Waals surface area contributed by atoms with E-state index in [2.05, 4.69) is 9.97 Å². The van der Waals surface area contributed by atoms with E-state index in [-0.39, 0.29) is 22.4 Å². The maximum absolute atomic E-state index is 12.9. The van der Waals surface area contributed by atoms with E-state index in [1.165, 1.54) is 12.3 Å². The molecule has 3 heterocycles. The van der Waals surface area contributed by atoms with Crippen molar-refractivity contribution in [2.75, 3.05) is 32.1 Å². The summed E-state index contributed by atoms with van der Waals surface area (Å²) in [6, 6.07) is 2.92. The zero-order valence-electron chi connectivity index (χ0n) is 15.5. The highest BCUT2D eigenvalue weighted by atomic mass is 16.2. The fourth-order valence-corrected chi connectivity index (χ4v) is 4.28. The molecule has 2 N–H and O–H groups in total. The van der Waals surface area contributed by atoms with Crippen molar-refractivity contribution in [3.63, 3.8) is 0 Å². The molecule has 0 aromatic carbocycles. The molecule has 1 unspecified atom stereocenters. The average molecular weight is 369 g/mol. The van der Waals surface area contributed by atoms with E-state index in [4.69, 9.17) is 4.98 Å². The number of hydrogen-bond donors (Lipinski definition) is 2. The normalized spacial score (nSPS) is 21.3. The van der Waals surface area contributed by atoms with Gasteiger partial charge in [0.15, 0.2) is 0 Å². The molecule has 4 rings (SSSR count). The van der Waals surface area contributed by atoms with E-state index in [0.29, 0.717) is 31.0 Å². The number of fused-ring (bicyclic) bond motifs is 2. The van der Waals surface area contributed by atoms with E-state index in [0.717, 1.165) is 30.5 Å². The van der Waals surface area contributed by atoms with Crippen LogP contribution in [-0.4, -0.2) is 52.9 Å². The van der Waals surface area contributed by atoms with Crippen molar-refractivity contribution >= 4 is 11.9 Å². The van der Waals surface area contributed by atoms with Gasteiger partial charge in [-0.3, -0.25) is 19.4 Å². The highest BCUT2D eigenvalue weighted by Gasteiger charge is 2.45. The van der Waals surface area contributed by atoms with Crippen molar-refractivity contribution in [3.05, 3.63) is 55.9 Å². The first-order valence-electron chi connectivity index (χ1n) is 9.19. The van der Waals surface area contributed by atoms with Crippen molar-refractivity contribution in [2.45, 2.75) is 31.1 Å². The molecule has 1 spiro atoms. The molecule has 2 aromatic heterocycles. The molecule has 1 aliphatic carbocycles. The minimum atomic E-state index is -0.273. The Balaban J connectivity index is 1.68. The minimum Gasteiger partial charge on any atom is -0.348 e. The van der Waals surface area contributed by atoms with Crippen LogP contribution in [0.4, 0.5) is 5.95 Å². The lowest BCUT2D eigenvalue weighted by Crippen LogP contribution is -2.48. The lowest BCUT2D eigenvalue weighted by atomic mass is 9.77. The van der Waals surface area contributed by atoms with Crippen molar-refractivity contribution < 1.29 is 4.79 Å². The summed E-state index contributed by atoms with van der Waals surface area (Å²) in [5, 5.41) is 0. The molecule has 8 heteroatoms. The third-order valence-electron chi connectivity index (χ3n) is 5.68. The first-order chi connectivity index (χ1) is 12.9. The summed E-state index contributed by atoms with van der Waals surface area (Å²) >= 11 is 0. The SMILES string of the molecule is CN(C)c1nc2c(c(=O)[nH]1)CCC21CCCN(C(=O)c2ccc(=O)[nH]c2)C1. The Morgan fingerprint density at radius 2 is 2.07 bits per heavy atom. The maximum Gasteiger partial charge on any atom is 0.255 e. The standard InChI is InChI=1S/C19H23N5O3/c1-23(2)18-21-15-13(16(26)22-18)6-8-19(15)7-3-9-24(11-19)17(27)12-4-5-14(25)20-10-12/h4-5,10H,3,6-9,11H2,1-2H3,(H,20,25)(H,21,22,26). The predicted molar refractivity (Wildman–Crippen MR) is 101 cm³/mol. The second-order valence-electron chi connectivity index (χ2n) is 7.66. The number of nitrogens with zero attached hydrogens (tertiary/aromatic N) is 3. The predicted octanol–water partition coefficient (Wildman–Crippen LogP) is 0.644. The van der Waals surface area contributed by atoms with Crippen molar-refractivity contribution in [1.82, 2.24) is 19.9 Å². The van der Waals surface area contributed by atoms with Gasteiger partial charge in [0.1, 0.15) is 0 Å². The summed E-state index contributed by atoms with van der Waals surface area (Å²) in [4.78, 5) is 50.4. The highest BCUT2D eigenvalue weighted by Crippen LogP contribution is 2.43.